The summed E-state index contributed by atoms with van der Waals surface area (Å²) < 4.78 is 39.3. The van der Waals surface area contributed by atoms with E-state index in [9.17, 15) is 13.2 Å². The molecular formula is C14H12F3NO. The third-order valence-corrected chi connectivity index (χ3v) is 2.76. The molecule has 0 saturated heterocycles. The van der Waals surface area contributed by atoms with Gasteiger partial charge in [-0.05, 0) is 42.3 Å². The Morgan fingerprint density at radius 1 is 1.05 bits per heavy atom. The molecule has 2 aromatic rings. The normalized spacial score (nSPS) is 10.5. The molecule has 2 nitrogen and oxygen atoms in total. The van der Waals surface area contributed by atoms with Crippen molar-refractivity contribution in [2.24, 2.45) is 0 Å². The van der Waals surface area contributed by atoms with Crippen LogP contribution in [0.2, 0.25) is 0 Å². The molecule has 5 heteroatoms. The van der Waals surface area contributed by atoms with Crippen LogP contribution in [0, 0.1) is 24.4 Å². The lowest BCUT2D eigenvalue weighted by molar-refractivity contribution is 0.395. The van der Waals surface area contributed by atoms with E-state index in [4.69, 9.17) is 5.11 Å². The molecule has 0 fully saturated rings. The zero-order valence-electron chi connectivity index (χ0n) is 10.2. The number of halogens is 3. The lowest BCUT2D eigenvalue weighted by Crippen LogP contribution is -2.02. The fraction of sp³-hybridized carbons (Fsp3) is 0.143. The van der Waals surface area contributed by atoms with Crippen LogP contribution in [0.1, 0.15) is 11.1 Å². The summed E-state index contributed by atoms with van der Waals surface area (Å²) in [6.07, 6.45) is 0. The van der Waals surface area contributed by atoms with E-state index < -0.39 is 23.2 Å². The first-order valence-electron chi connectivity index (χ1n) is 5.64. The smallest absolute Gasteiger partial charge is 0.187 e. The third kappa shape index (κ3) is 2.99. The minimum Gasteiger partial charge on any atom is -0.503 e. The molecule has 0 aliphatic carbocycles. The van der Waals surface area contributed by atoms with Crippen molar-refractivity contribution in [3.05, 3.63) is 58.9 Å². The average molecular weight is 267 g/mol. The quantitative estimate of drug-likeness (QED) is 0.888. The summed E-state index contributed by atoms with van der Waals surface area (Å²) in [7, 11) is 0. The van der Waals surface area contributed by atoms with E-state index in [1.165, 1.54) is 12.1 Å². The van der Waals surface area contributed by atoms with Crippen LogP contribution in [-0.2, 0) is 6.54 Å². The highest BCUT2D eigenvalue weighted by atomic mass is 19.1. The number of aromatic hydroxyl groups is 1. The van der Waals surface area contributed by atoms with Crippen molar-refractivity contribution >= 4 is 5.69 Å². The molecule has 100 valence electrons. The molecule has 2 rings (SSSR count). The maximum atomic E-state index is 13.1. The fourth-order valence-electron chi connectivity index (χ4n) is 1.70. The van der Waals surface area contributed by atoms with Gasteiger partial charge in [0.2, 0.25) is 0 Å². The van der Waals surface area contributed by atoms with Gasteiger partial charge in [0, 0.05) is 12.2 Å². The summed E-state index contributed by atoms with van der Waals surface area (Å²) in [5.41, 5.74) is 1.69. The van der Waals surface area contributed by atoms with Crippen LogP contribution in [0.25, 0.3) is 0 Å². The molecule has 0 radical (unpaired) electrons. The Balaban J connectivity index is 2.17. The number of aryl methyl sites for hydroxylation is 1. The first kappa shape index (κ1) is 13.3. The number of phenols is 1. The Hall–Kier alpha value is -2.17. The summed E-state index contributed by atoms with van der Waals surface area (Å²) in [5, 5.41) is 11.9. The van der Waals surface area contributed by atoms with Gasteiger partial charge in [-0.25, -0.2) is 13.2 Å². The molecule has 0 bridgehead atoms. The number of benzene rings is 2. The Labute approximate surface area is 108 Å². The maximum Gasteiger partial charge on any atom is 0.187 e. The molecule has 0 spiro atoms. The molecule has 0 aromatic heterocycles. The number of rotatable bonds is 3. The topological polar surface area (TPSA) is 32.3 Å². The number of hydrogen-bond acceptors (Lipinski definition) is 2. The minimum absolute atomic E-state index is 0.123. The van der Waals surface area contributed by atoms with E-state index in [1.807, 2.05) is 0 Å². The van der Waals surface area contributed by atoms with Gasteiger partial charge in [0.15, 0.2) is 17.4 Å². The van der Waals surface area contributed by atoms with Gasteiger partial charge in [-0.3, -0.25) is 0 Å². The first-order valence-corrected chi connectivity index (χ1v) is 5.64. The molecule has 2 aromatic carbocycles. The third-order valence-electron chi connectivity index (χ3n) is 2.76. The molecule has 0 atom stereocenters. The lowest BCUT2D eigenvalue weighted by atomic mass is 10.1. The maximum absolute atomic E-state index is 13.1. The van der Waals surface area contributed by atoms with Gasteiger partial charge in [0.05, 0.1) is 0 Å². The van der Waals surface area contributed by atoms with Gasteiger partial charge in [0.1, 0.15) is 5.82 Å². The molecule has 0 unspecified atom stereocenters. The first-order chi connectivity index (χ1) is 8.97. The highest BCUT2D eigenvalue weighted by Crippen LogP contribution is 2.23. The number of phenolic OH excluding ortho intramolecular Hbond substituents is 1. The van der Waals surface area contributed by atoms with Gasteiger partial charge < -0.3 is 10.4 Å². The van der Waals surface area contributed by atoms with Gasteiger partial charge in [-0.2, -0.15) is 0 Å². The van der Waals surface area contributed by atoms with Gasteiger partial charge in [0.25, 0.3) is 0 Å². The van der Waals surface area contributed by atoms with Crippen molar-refractivity contribution in [3.63, 3.8) is 0 Å². The van der Waals surface area contributed by atoms with Crippen molar-refractivity contribution in [2.75, 3.05) is 5.32 Å². The Morgan fingerprint density at radius 3 is 2.32 bits per heavy atom. The second kappa shape index (κ2) is 5.22. The second-order valence-electron chi connectivity index (χ2n) is 4.22. The van der Waals surface area contributed by atoms with E-state index in [0.717, 1.165) is 17.7 Å². The number of nitrogens with one attached hydrogen (secondary N) is 1. The van der Waals surface area contributed by atoms with Crippen molar-refractivity contribution < 1.29 is 18.3 Å². The highest BCUT2D eigenvalue weighted by Gasteiger charge is 2.09. The van der Waals surface area contributed by atoms with E-state index in [2.05, 4.69) is 5.32 Å². The molecule has 0 saturated carbocycles. The molecular weight excluding hydrogens is 255 g/mol. The van der Waals surface area contributed by atoms with Crippen LogP contribution in [0.4, 0.5) is 18.9 Å². The number of anilines is 1. The average Bonchev–Trinajstić information content (AvgIpc) is 2.37. The Morgan fingerprint density at radius 2 is 1.68 bits per heavy atom. The van der Waals surface area contributed by atoms with Crippen molar-refractivity contribution in [3.8, 4) is 5.75 Å². The van der Waals surface area contributed by atoms with Crippen molar-refractivity contribution in [2.45, 2.75) is 13.5 Å². The predicted octanol–water partition coefficient (Wildman–Crippen LogP) is 3.73. The van der Waals surface area contributed by atoms with Gasteiger partial charge in [-0.15, -0.1) is 0 Å². The van der Waals surface area contributed by atoms with E-state index in [0.29, 0.717) is 11.3 Å². The number of hydrogen-bond donors (Lipinski definition) is 2. The highest BCUT2D eigenvalue weighted by molar-refractivity contribution is 5.51. The van der Waals surface area contributed by atoms with Gasteiger partial charge >= 0.3 is 0 Å². The Bertz CT molecular complexity index is 591. The second-order valence-corrected chi connectivity index (χ2v) is 4.22. The summed E-state index contributed by atoms with van der Waals surface area (Å²) in [4.78, 5) is 0. The van der Waals surface area contributed by atoms with Crippen LogP contribution in [-0.4, -0.2) is 5.11 Å². The summed E-state index contributed by atoms with van der Waals surface area (Å²) in [6, 6.07) is 6.30. The molecule has 0 heterocycles. The van der Waals surface area contributed by atoms with Crippen LogP contribution in [0.5, 0.6) is 5.75 Å². The standard InChI is InChI=1S/C14H12F3NO/c1-8-2-3-10(15)6-13(8)18-7-9-4-11(16)14(19)12(17)5-9/h2-6,18-19H,7H2,1H3. The monoisotopic (exact) mass is 267 g/mol. The molecule has 0 amide bonds. The van der Waals surface area contributed by atoms with E-state index in [1.54, 1.807) is 13.0 Å². The van der Waals surface area contributed by atoms with Crippen molar-refractivity contribution in [1.29, 1.82) is 0 Å². The minimum atomic E-state index is -1.02. The zero-order valence-corrected chi connectivity index (χ0v) is 10.2. The summed E-state index contributed by atoms with van der Waals surface area (Å²) in [5.74, 6) is -3.43. The molecule has 0 aliphatic heterocycles. The molecule has 19 heavy (non-hydrogen) atoms. The SMILES string of the molecule is Cc1ccc(F)cc1NCc1cc(F)c(O)c(F)c1. The predicted molar refractivity (Wildman–Crippen MR) is 66.5 cm³/mol. The van der Waals surface area contributed by atoms with E-state index >= 15 is 0 Å². The van der Waals surface area contributed by atoms with Crippen LogP contribution in [0.15, 0.2) is 30.3 Å². The van der Waals surface area contributed by atoms with Crippen LogP contribution < -0.4 is 5.32 Å². The fourth-order valence-corrected chi connectivity index (χ4v) is 1.70. The zero-order chi connectivity index (χ0) is 14.0. The van der Waals surface area contributed by atoms with E-state index in [-0.39, 0.29) is 6.54 Å². The summed E-state index contributed by atoms with van der Waals surface area (Å²) in [6.45, 7) is 1.91. The van der Waals surface area contributed by atoms with Crippen LogP contribution in [0.3, 0.4) is 0 Å². The van der Waals surface area contributed by atoms with Crippen LogP contribution >= 0.6 is 0 Å². The summed E-state index contributed by atoms with van der Waals surface area (Å²) >= 11 is 0. The van der Waals surface area contributed by atoms with Gasteiger partial charge in [-0.1, -0.05) is 6.07 Å². The van der Waals surface area contributed by atoms with Crippen molar-refractivity contribution in [1.82, 2.24) is 0 Å². The largest absolute Gasteiger partial charge is 0.503 e. The lowest BCUT2D eigenvalue weighted by Gasteiger charge is -2.10. The molecule has 2 N–H and O–H groups in total. The Kier molecular flexibility index (Phi) is 3.64. The molecule has 0 aliphatic rings.